The van der Waals surface area contributed by atoms with Gasteiger partial charge >= 0.3 is 0 Å². The molecule has 0 unspecified atom stereocenters. The molecule has 3 rings (SSSR count). The third-order valence-electron chi connectivity index (χ3n) is 3.44. The van der Waals surface area contributed by atoms with Crippen molar-refractivity contribution in [3.05, 3.63) is 35.5 Å². The molecule has 1 aliphatic heterocycles. The summed E-state index contributed by atoms with van der Waals surface area (Å²) in [7, 11) is 0. The SMILES string of the molecule is C[C@@H]1CNCCN1Cc1csc(-c2ccccn2)n1.Cl. The Labute approximate surface area is 129 Å². The molecule has 0 spiro atoms. The number of thiazole rings is 1. The van der Waals surface area contributed by atoms with E-state index < -0.39 is 0 Å². The Morgan fingerprint density at radius 3 is 3.10 bits per heavy atom. The zero-order valence-corrected chi connectivity index (χ0v) is 13.1. The zero-order chi connectivity index (χ0) is 13.1. The minimum absolute atomic E-state index is 0. The fraction of sp³-hybridized carbons (Fsp3) is 0.429. The number of halogens is 1. The van der Waals surface area contributed by atoms with Gasteiger partial charge in [0.25, 0.3) is 0 Å². The predicted octanol–water partition coefficient (Wildman–Crippen LogP) is 2.42. The molecule has 1 atom stereocenters. The van der Waals surface area contributed by atoms with Gasteiger partial charge in [0.2, 0.25) is 0 Å². The van der Waals surface area contributed by atoms with E-state index in [-0.39, 0.29) is 12.4 Å². The van der Waals surface area contributed by atoms with E-state index in [4.69, 9.17) is 4.98 Å². The first kappa shape index (κ1) is 15.4. The fourth-order valence-corrected chi connectivity index (χ4v) is 3.10. The van der Waals surface area contributed by atoms with Crippen molar-refractivity contribution in [2.75, 3.05) is 19.6 Å². The first-order valence-electron chi connectivity index (χ1n) is 6.63. The summed E-state index contributed by atoms with van der Waals surface area (Å²) in [6.45, 7) is 6.43. The van der Waals surface area contributed by atoms with Gasteiger partial charge in [-0.15, -0.1) is 23.7 Å². The van der Waals surface area contributed by atoms with Crippen molar-refractivity contribution in [1.29, 1.82) is 0 Å². The van der Waals surface area contributed by atoms with Crippen LogP contribution >= 0.6 is 23.7 Å². The zero-order valence-electron chi connectivity index (χ0n) is 11.5. The molecule has 1 aliphatic rings. The standard InChI is InChI=1S/C14H18N4S.ClH/c1-11-8-15-6-7-18(11)9-12-10-19-14(17-12)13-4-2-3-5-16-13;/h2-5,10-11,15H,6-9H2,1H3;1H/t11-;/m1./s1. The van der Waals surface area contributed by atoms with Gasteiger partial charge in [-0.25, -0.2) is 4.98 Å². The molecular weight excluding hydrogens is 292 g/mol. The van der Waals surface area contributed by atoms with Crippen LogP contribution in [0.15, 0.2) is 29.8 Å². The molecule has 0 aliphatic carbocycles. The van der Waals surface area contributed by atoms with Gasteiger partial charge in [-0.2, -0.15) is 0 Å². The van der Waals surface area contributed by atoms with Crippen LogP contribution in [0.4, 0.5) is 0 Å². The summed E-state index contributed by atoms with van der Waals surface area (Å²) in [5.74, 6) is 0. The molecule has 3 heterocycles. The summed E-state index contributed by atoms with van der Waals surface area (Å²) < 4.78 is 0. The van der Waals surface area contributed by atoms with Crippen LogP contribution in [0, 0.1) is 0 Å². The van der Waals surface area contributed by atoms with E-state index in [1.165, 1.54) is 0 Å². The number of piperazine rings is 1. The van der Waals surface area contributed by atoms with Crippen LogP contribution in [-0.4, -0.2) is 40.5 Å². The van der Waals surface area contributed by atoms with E-state index in [0.29, 0.717) is 6.04 Å². The average molecular weight is 311 g/mol. The topological polar surface area (TPSA) is 41.0 Å². The van der Waals surface area contributed by atoms with Crippen LogP contribution in [0.2, 0.25) is 0 Å². The largest absolute Gasteiger partial charge is 0.314 e. The lowest BCUT2D eigenvalue weighted by molar-refractivity contribution is 0.164. The number of nitrogens with zero attached hydrogens (tertiary/aromatic N) is 3. The molecule has 6 heteroatoms. The third-order valence-corrected chi connectivity index (χ3v) is 4.35. The molecule has 108 valence electrons. The Bertz CT molecular complexity index is 531. The maximum atomic E-state index is 4.70. The number of nitrogens with one attached hydrogen (secondary N) is 1. The van der Waals surface area contributed by atoms with Gasteiger partial charge in [0.05, 0.1) is 11.4 Å². The van der Waals surface area contributed by atoms with E-state index in [9.17, 15) is 0 Å². The lowest BCUT2D eigenvalue weighted by Crippen LogP contribution is -2.49. The second kappa shape index (κ2) is 7.13. The highest BCUT2D eigenvalue weighted by atomic mass is 35.5. The van der Waals surface area contributed by atoms with Crippen LogP contribution in [0.1, 0.15) is 12.6 Å². The van der Waals surface area contributed by atoms with Crippen LogP contribution in [0.5, 0.6) is 0 Å². The molecule has 0 radical (unpaired) electrons. The first-order chi connectivity index (χ1) is 9.33. The lowest BCUT2D eigenvalue weighted by Gasteiger charge is -2.33. The smallest absolute Gasteiger partial charge is 0.142 e. The number of aromatic nitrogens is 2. The van der Waals surface area contributed by atoms with Crippen LogP contribution < -0.4 is 5.32 Å². The number of pyridine rings is 1. The summed E-state index contributed by atoms with van der Waals surface area (Å²) in [4.78, 5) is 11.5. The maximum Gasteiger partial charge on any atom is 0.142 e. The normalized spacial score (nSPS) is 19.6. The molecule has 0 amide bonds. The summed E-state index contributed by atoms with van der Waals surface area (Å²) in [5, 5.41) is 6.58. The summed E-state index contributed by atoms with van der Waals surface area (Å²) in [5.41, 5.74) is 2.12. The van der Waals surface area contributed by atoms with Crippen molar-refractivity contribution < 1.29 is 0 Å². The van der Waals surface area contributed by atoms with Gasteiger partial charge in [0.15, 0.2) is 0 Å². The summed E-state index contributed by atoms with van der Waals surface area (Å²) in [6.07, 6.45) is 1.81. The van der Waals surface area contributed by atoms with Crippen molar-refractivity contribution in [3.8, 4) is 10.7 Å². The average Bonchev–Trinajstić information content (AvgIpc) is 2.91. The van der Waals surface area contributed by atoms with Gasteiger partial charge < -0.3 is 5.32 Å². The highest BCUT2D eigenvalue weighted by Gasteiger charge is 2.19. The molecule has 0 aromatic carbocycles. The molecule has 1 fully saturated rings. The Morgan fingerprint density at radius 2 is 2.35 bits per heavy atom. The second-order valence-corrected chi connectivity index (χ2v) is 5.74. The van der Waals surface area contributed by atoms with Crippen molar-refractivity contribution in [2.45, 2.75) is 19.5 Å². The maximum absolute atomic E-state index is 4.70. The summed E-state index contributed by atoms with van der Waals surface area (Å²) in [6, 6.07) is 6.52. The van der Waals surface area contributed by atoms with Gasteiger partial charge in [-0.1, -0.05) is 6.07 Å². The van der Waals surface area contributed by atoms with E-state index in [0.717, 1.165) is 42.6 Å². The van der Waals surface area contributed by atoms with Gasteiger partial charge in [-0.05, 0) is 19.1 Å². The number of rotatable bonds is 3. The molecule has 1 saturated heterocycles. The second-order valence-electron chi connectivity index (χ2n) is 4.88. The Balaban J connectivity index is 0.00000147. The highest BCUT2D eigenvalue weighted by molar-refractivity contribution is 7.13. The van der Waals surface area contributed by atoms with Crippen molar-refractivity contribution in [3.63, 3.8) is 0 Å². The molecule has 4 nitrogen and oxygen atoms in total. The fourth-order valence-electron chi connectivity index (χ4n) is 2.31. The Hall–Kier alpha value is -1.01. The molecule has 0 bridgehead atoms. The van der Waals surface area contributed by atoms with Gasteiger partial charge in [-0.3, -0.25) is 9.88 Å². The molecular formula is C14H19ClN4S. The molecule has 20 heavy (non-hydrogen) atoms. The summed E-state index contributed by atoms with van der Waals surface area (Å²) >= 11 is 1.68. The van der Waals surface area contributed by atoms with E-state index in [1.807, 2.05) is 24.4 Å². The minimum atomic E-state index is 0. The highest BCUT2D eigenvalue weighted by Crippen LogP contribution is 2.22. The number of hydrogen-bond acceptors (Lipinski definition) is 5. The minimum Gasteiger partial charge on any atom is -0.314 e. The molecule has 2 aromatic heterocycles. The first-order valence-corrected chi connectivity index (χ1v) is 7.51. The van der Waals surface area contributed by atoms with Crippen molar-refractivity contribution >= 4 is 23.7 Å². The Morgan fingerprint density at radius 1 is 1.45 bits per heavy atom. The van der Waals surface area contributed by atoms with Gasteiger partial charge in [0, 0.05) is 43.8 Å². The van der Waals surface area contributed by atoms with Crippen LogP contribution in [0.3, 0.4) is 0 Å². The van der Waals surface area contributed by atoms with Gasteiger partial charge in [0.1, 0.15) is 5.01 Å². The van der Waals surface area contributed by atoms with E-state index in [2.05, 4.69) is 27.5 Å². The Kier molecular flexibility index (Phi) is 5.48. The monoisotopic (exact) mass is 310 g/mol. The molecule has 0 saturated carbocycles. The van der Waals surface area contributed by atoms with Crippen molar-refractivity contribution in [1.82, 2.24) is 20.2 Å². The van der Waals surface area contributed by atoms with E-state index in [1.54, 1.807) is 11.3 Å². The van der Waals surface area contributed by atoms with Crippen molar-refractivity contribution in [2.24, 2.45) is 0 Å². The predicted molar refractivity (Wildman–Crippen MR) is 85.3 cm³/mol. The molecule has 2 aromatic rings. The quantitative estimate of drug-likeness (QED) is 0.945. The lowest BCUT2D eigenvalue weighted by atomic mass is 10.2. The van der Waals surface area contributed by atoms with Crippen LogP contribution in [-0.2, 0) is 6.54 Å². The van der Waals surface area contributed by atoms with Crippen LogP contribution in [0.25, 0.3) is 10.7 Å². The third kappa shape index (κ3) is 3.55. The van der Waals surface area contributed by atoms with E-state index >= 15 is 0 Å². The number of hydrogen-bond donors (Lipinski definition) is 1. The molecule has 1 N–H and O–H groups in total.